The smallest absolute Gasteiger partial charge is 0.295 e. The number of para-hydroxylation sites is 2. The quantitative estimate of drug-likeness (QED) is 0.510. The van der Waals surface area contributed by atoms with Crippen molar-refractivity contribution in [2.45, 2.75) is 0 Å². The first-order valence-corrected chi connectivity index (χ1v) is 9.50. The molecule has 0 spiro atoms. The number of piperazine rings is 1. The Morgan fingerprint density at radius 3 is 2.57 bits per heavy atom. The molecule has 1 amide bonds. The molecule has 0 aliphatic carbocycles. The van der Waals surface area contributed by atoms with Gasteiger partial charge in [0.1, 0.15) is 18.3 Å². The van der Waals surface area contributed by atoms with Crippen molar-refractivity contribution in [1.82, 2.24) is 19.7 Å². The van der Waals surface area contributed by atoms with E-state index in [0.29, 0.717) is 5.69 Å². The maximum absolute atomic E-state index is 12.9. The van der Waals surface area contributed by atoms with Crippen LogP contribution in [0.2, 0.25) is 0 Å². The summed E-state index contributed by atoms with van der Waals surface area (Å²) in [5.41, 5.74) is 1.83. The number of benzene rings is 2. The van der Waals surface area contributed by atoms with E-state index in [0.717, 1.165) is 31.9 Å². The molecule has 154 valence electrons. The van der Waals surface area contributed by atoms with Crippen molar-refractivity contribution in [2.24, 2.45) is 0 Å². The number of carbonyl (C=O) groups excluding carboxylic acids is 1. The largest absolute Gasteiger partial charge is 0.367 e. The molecule has 10 heteroatoms. The first-order chi connectivity index (χ1) is 14.5. The van der Waals surface area contributed by atoms with E-state index >= 15 is 0 Å². The van der Waals surface area contributed by atoms with E-state index in [1.807, 2.05) is 24.3 Å². The molecule has 1 N–H and O–H groups in total. The van der Waals surface area contributed by atoms with Crippen LogP contribution < -0.4 is 10.2 Å². The molecule has 0 unspecified atom stereocenters. The minimum atomic E-state index is -0.536. The van der Waals surface area contributed by atoms with Gasteiger partial charge in [0.2, 0.25) is 0 Å². The second-order valence-electron chi connectivity index (χ2n) is 7.06. The van der Waals surface area contributed by atoms with Crippen molar-refractivity contribution < 1.29 is 9.72 Å². The average molecular weight is 407 g/mol. The Morgan fingerprint density at radius 1 is 1.10 bits per heavy atom. The lowest BCUT2D eigenvalue weighted by molar-refractivity contribution is -0.384. The number of nitrogens with one attached hydrogen (secondary N) is 1. The summed E-state index contributed by atoms with van der Waals surface area (Å²) in [4.78, 5) is 32.2. The Labute approximate surface area is 172 Å². The molecule has 3 aromatic rings. The van der Waals surface area contributed by atoms with E-state index in [2.05, 4.69) is 32.2 Å². The number of hydrogen-bond acceptors (Lipinski definition) is 7. The molecule has 4 rings (SSSR count). The molecule has 1 fully saturated rings. The van der Waals surface area contributed by atoms with E-state index in [4.69, 9.17) is 0 Å². The number of amides is 1. The van der Waals surface area contributed by atoms with Gasteiger partial charge in [-0.2, -0.15) is 5.10 Å². The molecule has 2 heterocycles. The number of nitro benzene ring substituents is 1. The minimum Gasteiger partial charge on any atom is -0.367 e. The number of anilines is 2. The first kappa shape index (κ1) is 19.5. The van der Waals surface area contributed by atoms with E-state index in [1.54, 1.807) is 0 Å². The Bertz CT molecular complexity index is 1060. The van der Waals surface area contributed by atoms with Crippen molar-refractivity contribution in [3.8, 4) is 5.69 Å². The normalized spacial score (nSPS) is 14.5. The van der Waals surface area contributed by atoms with E-state index in [-0.39, 0.29) is 16.9 Å². The summed E-state index contributed by atoms with van der Waals surface area (Å²) in [5, 5.41) is 18.4. The molecule has 10 nitrogen and oxygen atoms in total. The summed E-state index contributed by atoms with van der Waals surface area (Å²) in [5.74, 6) is -0.412. The highest BCUT2D eigenvalue weighted by Gasteiger charge is 2.21. The molecule has 1 aliphatic heterocycles. The third-order valence-corrected chi connectivity index (χ3v) is 5.10. The number of rotatable bonds is 5. The Kier molecular flexibility index (Phi) is 5.40. The van der Waals surface area contributed by atoms with E-state index < -0.39 is 10.8 Å². The van der Waals surface area contributed by atoms with Gasteiger partial charge in [-0.1, -0.05) is 12.1 Å². The lowest BCUT2D eigenvalue weighted by Crippen LogP contribution is -2.44. The maximum Gasteiger partial charge on any atom is 0.295 e. The number of carbonyl (C=O) groups is 1. The van der Waals surface area contributed by atoms with Crippen molar-refractivity contribution in [1.29, 1.82) is 0 Å². The molecule has 0 bridgehead atoms. The van der Waals surface area contributed by atoms with Gasteiger partial charge in [0.05, 0.1) is 16.3 Å². The number of aromatic nitrogens is 3. The molecular formula is C20H21N7O3. The maximum atomic E-state index is 12.9. The standard InChI is InChI=1S/C20H21N7O3/c1-24-8-10-25(11-9-24)17-5-3-2-4-16(17)23-20(28)15-6-7-18(19(12-15)27(29)30)26-14-21-13-22-26/h2-7,12-14H,8-11H2,1H3,(H,23,28). The summed E-state index contributed by atoms with van der Waals surface area (Å²) in [6.45, 7) is 3.61. The van der Waals surface area contributed by atoms with Gasteiger partial charge in [0.25, 0.3) is 11.6 Å². The number of nitrogens with zero attached hydrogens (tertiary/aromatic N) is 6. The van der Waals surface area contributed by atoms with Crippen LogP contribution in [0.3, 0.4) is 0 Å². The van der Waals surface area contributed by atoms with Crippen LogP contribution in [-0.2, 0) is 0 Å². The molecule has 0 saturated carbocycles. The molecule has 2 aromatic carbocycles. The second-order valence-corrected chi connectivity index (χ2v) is 7.06. The van der Waals surface area contributed by atoms with Gasteiger partial charge in [-0.3, -0.25) is 14.9 Å². The highest BCUT2D eigenvalue weighted by atomic mass is 16.6. The Balaban J connectivity index is 1.59. The molecular weight excluding hydrogens is 386 g/mol. The van der Waals surface area contributed by atoms with Crippen LogP contribution in [0.15, 0.2) is 55.1 Å². The van der Waals surface area contributed by atoms with Crippen LogP contribution in [0, 0.1) is 10.1 Å². The average Bonchev–Trinajstić information content (AvgIpc) is 3.29. The molecule has 0 atom stereocenters. The molecule has 1 aromatic heterocycles. The fraction of sp³-hybridized carbons (Fsp3) is 0.250. The first-order valence-electron chi connectivity index (χ1n) is 9.50. The summed E-state index contributed by atoms with van der Waals surface area (Å²) in [6, 6.07) is 11.9. The Hall–Kier alpha value is -3.79. The summed E-state index contributed by atoms with van der Waals surface area (Å²) in [6.07, 6.45) is 2.66. The zero-order valence-electron chi connectivity index (χ0n) is 16.4. The molecule has 1 aliphatic rings. The summed E-state index contributed by atoms with van der Waals surface area (Å²) in [7, 11) is 2.08. The second kappa shape index (κ2) is 8.29. The number of likely N-dealkylation sites (N-methyl/N-ethyl adjacent to an activating group) is 1. The predicted molar refractivity (Wildman–Crippen MR) is 112 cm³/mol. The third-order valence-electron chi connectivity index (χ3n) is 5.10. The van der Waals surface area contributed by atoms with Crippen molar-refractivity contribution in [3.05, 3.63) is 70.8 Å². The van der Waals surface area contributed by atoms with Crippen LogP contribution in [-0.4, -0.2) is 63.7 Å². The van der Waals surface area contributed by atoms with Gasteiger partial charge in [-0.15, -0.1) is 0 Å². The third kappa shape index (κ3) is 3.98. The highest BCUT2D eigenvalue weighted by Crippen LogP contribution is 2.28. The highest BCUT2D eigenvalue weighted by molar-refractivity contribution is 6.06. The fourth-order valence-electron chi connectivity index (χ4n) is 3.43. The van der Waals surface area contributed by atoms with Gasteiger partial charge in [-0.25, -0.2) is 9.67 Å². The monoisotopic (exact) mass is 407 g/mol. The molecule has 1 saturated heterocycles. The topological polar surface area (TPSA) is 109 Å². The van der Waals surface area contributed by atoms with Gasteiger partial charge in [0, 0.05) is 37.8 Å². The van der Waals surface area contributed by atoms with Crippen molar-refractivity contribution in [3.63, 3.8) is 0 Å². The lowest BCUT2D eigenvalue weighted by Gasteiger charge is -2.35. The van der Waals surface area contributed by atoms with Crippen LogP contribution in [0.4, 0.5) is 17.1 Å². The zero-order chi connectivity index (χ0) is 21.1. The van der Waals surface area contributed by atoms with Crippen LogP contribution in [0.25, 0.3) is 5.69 Å². The summed E-state index contributed by atoms with van der Waals surface area (Å²) >= 11 is 0. The van der Waals surface area contributed by atoms with Crippen molar-refractivity contribution in [2.75, 3.05) is 43.4 Å². The Morgan fingerprint density at radius 2 is 1.87 bits per heavy atom. The van der Waals surface area contributed by atoms with Gasteiger partial charge in [-0.05, 0) is 31.3 Å². The van der Waals surface area contributed by atoms with E-state index in [9.17, 15) is 14.9 Å². The SMILES string of the molecule is CN1CCN(c2ccccc2NC(=O)c2ccc(-n3cncn3)c([N+](=O)[O-])c2)CC1. The van der Waals surface area contributed by atoms with Crippen LogP contribution in [0.1, 0.15) is 10.4 Å². The lowest BCUT2D eigenvalue weighted by atomic mass is 10.1. The van der Waals surface area contributed by atoms with Crippen LogP contribution >= 0.6 is 0 Å². The van der Waals surface area contributed by atoms with Gasteiger partial charge < -0.3 is 15.1 Å². The summed E-state index contributed by atoms with van der Waals surface area (Å²) < 4.78 is 1.29. The van der Waals surface area contributed by atoms with Gasteiger partial charge in [0.15, 0.2) is 0 Å². The molecule has 0 radical (unpaired) electrons. The zero-order valence-corrected chi connectivity index (χ0v) is 16.4. The van der Waals surface area contributed by atoms with E-state index in [1.165, 1.54) is 35.5 Å². The van der Waals surface area contributed by atoms with Crippen molar-refractivity contribution >= 4 is 23.0 Å². The predicted octanol–water partition coefficient (Wildman–Crippen LogP) is 2.18. The van der Waals surface area contributed by atoms with Gasteiger partial charge >= 0.3 is 0 Å². The fourth-order valence-corrected chi connectivity index (χ4v) is 3.43. The molecule has 30 heavy (non-hydrogen) atoms. The number of hydrogen-bond donors (Lipinski definition) is 1. The number of nitro groups is 1. The van der Waals surface area contributed by atoms with Crippen LogP contribution in [0.5, 0.6) is 0 Å². The minimum absolute atomic E-state index is 0.193.